The normalized spacial score (nSPS) is 11.3. The van der Waals surface area contributed by atoms with E-state index in [4.69, 9.17) is 0 Å². The second-order valence-corrected chi connectivity index (χ2v) is 6.61. The maximum Gasteiger partial charge on any atom is 0.338 e. The van der Waals surface area contributed by atoms with Crippen LogP contribution >= 0.6 is 0 Å². The molecule has 0 N–H and O–H groups in total. The van der Waals surface area contributed by atoms with Crippen molar-refractivity contribution < 1.29 is 26.7 Å². The molecule has 0 aromatic heterocycles. The monoisotopic (exact) mass is 326 g/mol. The number of rotatable bonds is 3. The molecule has 0 atom stereocenters. The van der Waals surface area contributed by atoms with E-state index in [9.17, 15) is 22.0 Å². The van der Waals surface area contributed by atoms with Crippen molar-refractivity contribution in [2.24, 2.45) is 0 Å². The fourth-order valence-corrected chi connectivity index (χ4v) is 2.62. The average Bonchev–Trinajstić information content (AvgIpc) is 2.45. The Balaban J connectivity index is 2.73. The first-order valence-corrected chi connectivity index (χ1v) is 8.01. The second-order valence-electron chi connectivity index (χ2n) is 4.60. The van der Waals surface area contributed by atoms with E-state index in [1.54, 1.807) is 0 Å². The molecule has 4 nitrogen and oxygen atoms in total. The summed E-state index contributed by atoms with van der Waals surface area (Å²) in [6.45, 7) is 0. The third-order valence-corrected chi connectivity index (χ3v) is 4.16. The minimum atomic E-state index is -3.54. The van der Waals surface area contributed by atoms with E-state index in [2.05, 4.69) is 4.74 Å². The fourth-order valence-electron chi connectivity index (χ4n) is 1.98. The van der Waals surface area contributed by atoms with Crippen molar-refractivity contribution in [3.05, 3.63) is 53.6 Å². The van der Waals surface area contributed by atoms with Gasteiger partial charge < -0.3 is 4.74 Å². The zero-order valence-electron chi connectivity index (χ0n) is 11.8. The number of ether oxygens (including phenoxy) is 1. The van der Waals surface area contributed by atoms with Crippen molar-refractivity contribution >= 4 is 15.8 Å². The Morgan fingerprint density at radius 1 is 1.05 bits per heavy atom. The third-order valence-electron chi connectivity index (χ3n) is 3.05. The molecule has 0 heterocycles. The fraction of sp³-hybridized carbons (Fsp3) is 0.133. The van der Waals surface area contributed by atoms with Gasteiger partial charge in [0.1, 0.15) is 11.6 Å². The maximum atomic E-state index is 13.9. The van der Waals surface area contributed by atoms with Crippen LogP contribution in [0, 0.1) is 11.6 Å². The van der Waals surface area contributed by atoms with E-state index in [1.165, 1.54) is 18.2 Å². The molecule has 0 aliphatic carbocycles. The number of hydrogen-bond acceptors (Lipinski definition) is 4. The minimum absolute atomic E-state index is 0.0261. The van der Waals surface area contributed by atoms with Crippen molar-refractivity contribution in [1.82, 2.24) is 0 Å². The first kappa shape index (κ1) is 16.1. The van der Waals surface area contributed by atoms with Gasteiger partial charge in [0.25, 0.3) is 0 Å². The molecule has 2 aromatic rings. The summed E-state index contributed by atoms with van der Waals surface area (Å²) in [5.74, 6) is -2.44. The maximum absolute atomic E-state index is 13.9. The molecule has 2 aromatic carbocycles. The van der Waals surface area contributed by atoms with Crippen LogP contribution in [-0.2, 0) is 14.6 Å². The number of halogens is 2. The Morgan fingerprint density at radius 2 is 1.68 bits per heavy atom. The van der Waals surface area contributed by atoms with E-state index in [0.717, 1.165) is 25.5 Å². The molecule has 0 unspecified atom stereocenters. The Hall–Kier alpha value is -2.28. The molecule has 0 bridgehead atoms. The highest BCUT2D eigenvalue weighted by atomic mass is 32.2. The molecule has 0 aliphatic rings. The van der Waals surface area contributed by atoms with Crippen LogP contribution in [0.2, 0.25) is 0 Å². The third kappa shape index (κ3) is 3.14. The van der Waals surface area contributed by atoms with Gasteiger partial charge in [-0.3, -0.25) is 0 Å². The van der Waals surface area contributed by atoms with Crippen LogP contribution < -0.4 is 0 Å². The zero-order valence-corrected chi connectivity index (χ0v) is 12.6. The van der Waals surface area contributed by atoms with Gasteiger partial charge >= 0.3 is 5.97 Å². The number of hydrogen-bond donors (Lipinski definition) is 0. The lowest BCUT2D eigenvalue weighted by atomic mass is 9.99. The molecule has 0 aliphatic heterocycles. The molecule has 7 heteroatoms. The summed E-state index contributed by atoms with van der Waals surface area (Å²) in [5, 5.41) is 0. The summed E-state index contributed by atoms with van der Waals surface area (Å²) in [6, 6.07) is 6.55. The van der Waals surface area contributed by atoms with Crippen molar-refractivity contribution in [3.8, 4) is 11.1 Å². The smallest absolute Gasteiger partial charge is 0.338 e. The first-order chi connectivity index (χ1) is 10.2. The lowest BCUT2D eigenvalue weighted by Crippen LogP contribution is -2.07. The zero-order chi connectivity index (χ0) is 16.5. The Kier molecular flexibility index (Phi) is 4.27. The van der Waals surface area contributed by atoms with Crippen molar-refractivity contribution in [1.29, 1.82) is 0 Å². The predicted molar refractivity (Wildman–Crippen MR) is 76.2 cm³/mol. The Morgan fingerprint density at radius 3 is 2.23 bits per heavy atom. The largest absolute Gasteiger partial charge is 0.465 e. The van der Waals surface area contributed by atoms with Gasteiger partial charge in [0.2, 0.25) is 0 Å². The SMILES string of the molecule is COC(=O)c1cc(S(C)(=O)=O)ccc1-c1ccc(F)cc1F. The molecule has 0 saturated carbocycles. The van der Waals surface area contributed by atoms with Crippen molar-refractivity contribution in [3.63, 3.8) is 0 Å². The van der Waals surface area contributed by atoms with Crippen molar-refractivity contribution in [2.45, 2.75) is 4.90 Å². The lowest BCUT2D eigenvalue weighted by Gasteiger charge is -2.11. The van der Waals surface area contributed by atoms with E-state index in [-0.39, 0.29) is 21.6 Å². The highest BCUT2D eigenvalue weighted by molar-refractivity contribution is 7.90. The average molecular weight is 326 g/mol. The van der Waals surface area contributed by atoms with E-state index in [0.29, 0.717) is 6.07 Å². The van der Waals surface area contributed by atoms with Gasteiger partial charge in [-0.2, -0.15) is 0 Å². The highest BCUT2D eigenvalue weighted by Crippen LogP contribution is 2.29. The summed E-state index contributed by atoms with van der Waals surface area (Å²) in [7, 11) is -2.42. The quantitative estimate of drug-likeness (QED) is 0.814. The van der Waals surface area contributed by atoms with Gasteiger partial charge in [0, 0.05) is 17.9 Å². The summed E-state index contributed by atoms with van der Waals surface area (Å²) < 4.78 is 54.7. The Labute approximate surface area is 126 Å². The summed E-state index contributed by atoms with van der Waals surface area (Å²) >= 11 is 0. The standard InChI is InChI=1S/C15H12F2O4S/c1-21-15(18)13-8-10(22(2,19)20)4-6-11(13)12-5-3-9(16)7-14(12)17/h3-8H,1-2H3. The number of methoxy groups -OCH3 is 1. The van der Waals surface area contributed by atoms with E-state index < -0.39 is 27.4 Å². The topological polar surface area (TPSA) is 60.4 Å². The molecule has 0 fully saturated rings. The molecule has 2 rings (SSSR count). The van der Waals surface area contributed by atoms with Crippen LogP contribution in [0.5, 0.6) is 0 Å². The number of sulfone groups is 1. The summed E-state index contributed by atoms with van der Waals surface area (Å²) in [6.07, 6.45) is 0.988. The number of benzene rings is 2. The molecule has 22 heavy (non-hydrogen) atoms. The molecule has 0 spiro atoms. The van der Waals surface area contributed by atoms with Crippen LogP contribution in [0.25, 0.3) is 11.1 Å². The van der Waals surface area contributed by atoms with Gasteiger partial charge in [-0.05, 0) is 29.8 Å². The van der Waals surface area contributed by atoms with Crippen LogP contribution in [0.1, 0.15) is 10.4 Å². The first-order valence-electron chi connectivity index (χ1n) is 6.12. The molecular weight excluding hydrogens is 314 g/mol. The minimum Gasteiger partial charge on any atom is -0.465 e. The van der Waals surface area contributed by atoms with Gasteiger partial charge in [-0.1, -0.05) is 6.07 Å². The van der Waals surface area contributed by atoms with Crippen LogP contribution in [-0.4, -0.2) is 27.8 Å². The Bertz CT molecular complexity index is 845. The lowest BCUT2D eigenvalue weighted by molar-refractivity contribution is 0.0601. The van der Waals surface area contributed by atoms with Crippen molar-refractivity contribution in [2.75, 3.05) is 13.4 Å². The van der Waals surface area contributed by atoms with Crippen LogP contribution in [0.15, 0.2) is 41.3 Å². The molecule has 0 saturated heterocycles. The number of carbonyl (C=O) groups excluding carboxylic acids is 1. The van der Waals surface area contributed by atoms with Gasteiger partial charge in [0.15, 0.2) is 9.84 Å². The summed E-state index contributed by atoms with van der Waals surface area (Å²) in [4.78, 5) is 11.8. The number of carbonyl (C=O) groups is 1. The molecule has 116 valence electrons. The number of esters is 1. The predicted octanol–water partition coefficient (Wildman–Crippen LogP) is 2.82. The van der Waals surface area contributed by atoms with Crippen LogP contribution in [0.4, 0.5) is 8.78 Å². The van der Waals surface area contributed by atoms with E-state index in [1.807, 2.05) is 0 Å². The molecule has 0 radical (unpaired) electrons. The van der Waals surface area contributed by atoms with E-state index >= 15 is 0 Å². The van der Waals surface area contributed by atoms with Gasteiger partial charge in [-0.25, -0.2) is 22.0 Å². The highest BCUT2D eigenvalue weighted by Gasteiger charge is 2.19. The van der Waals surface area contributed by atoms with Gasteiger partial charge in [-0.15, -0.1) is 0 Å². The summed E-state index contributed by atoms with van der Waals surface area (Å²) in [5.41, 5.74) is -0.0189. The second kappa shape index (κ2) is 5.84. The molecule has 0 amide bonds. The van der Waals surface area contributed by atoms with Gasteiger partial charge in [0.05, 0.1) is 17.6 Å². The molecular formula is C15H12F2O4S. The van der Waals surface area contributed by atoms with Crippen LogP contribution in [0.3, 0.4) is 0 Å².